The van der Waals surface area contributed by atoms with Gasteiger partial charge >= 0.3 is 0 Å². The summed E-state index contributed by atoms with van der Waals surface area (Å²) in [7, 11) is 5.92. The Labute approximate surface area is 263 Å². The molecule has 3 N–H and O–H groups in total. The minimum Gasteiger partial charge on any atom is -0.389 e. The quantitative estimate of drug-likeness (QED) is 0.313. The summed E-state index contributed by atoms with van der Waals surface area (Å²) >= 11 is 8.38. The Morgan fingerprint density at radius 1 is 1.25 bits per heavy atom. The number of benzene rings is 2. The Hall–Kier alpha value is -3.76. The number of hydrogen-bond donors (Lipinski definition) is 2. The zero-order chi connectivity index (χ0) is 31.1. The van der Waals surface area contributed by atoms with Crippen molar-refractivity contribution in [1.29, 1.82) is 5.26 Å². The zero-order valence-corrected chi connectivity index (χ0v) is 26.5. The van der Waals surface area contributed by atoms with Crippen LogP contribution in [-0.2, 0) is 22.7 Å². The molecular weight excluding hydrogens is 603 g/mol. The van der Waals surface area contributed by atoms with Crippen LogP contribution in [-0.4, -0.2) is 78.0 Å². The molecular formula is C31H32ClFN8O2S. The van der Waals surface area contributed by atoms with E-state index in [-0.39, 0.29) is 35.2 Å². The van der Waals surface area contributed by atoms with Gasteiger partial charge in [-0.05, 0) is 56.6 Å². The van der Waals surface area contributed by atoms with Gasteiger partial charge < -0.3 is 30.5 Å². The van der Waals surface area contributed by atoms with Crippen molar-refractivity contribution in [3.05, 3.63) is 39.7 Å². The SMILES string of the molecule is CN1CCC[C@@H](Nc2nc(N3CC(C)(N(C)C)C3)nc3c(Cl)c(-c4ccc(F)c5sc(N)c(C#N)c45)c4c(c23)COC4)C1=O. The van der Waals surface area contributed by atoms with Gasteiger partial charge in [0.25, 0.3) is 0 Å². The summed E-state index contributed by atoms with van der Waals surface area (Å²) in [6.45, 7) is 4.89. The van der Waals surface area contributed by atoms with Crippen molar-refractivity contribution in [2.45, 2.75) is 44.6 Å². The van der Waals surface area contributed by atoms with Crippen molar-refractivity contribution in [1.82, 2.24) is 19.8 Å². The summed E-state index contributed by atoms with van der Waals surface area (Å²) in [6.07, 6.45) is 1.56. The molecule has 3 aliphatic heterocycles. The number of amides is 1. The third kappa shape index (κ3) is 4.29. The van der Waals surface area contributed by atoms with Crippen LogP contribution in [0.25, 0.3) is 32.1 Å². The first-order chi connectivity index (χ1) is 21.0. The van der Waals surface area contributed by atoms with Crippen molar-refractivity contribution < 1.29 is 13.9 Å². The van der Waals surface area contributed by atoms with Gasteiger partial charge in [-0.1, -0.05) is 17.7 Å². The van der Waals surface area contributed by atoms with Gasteiger partial charge in [0, 0.05) is 37.6 Å². The molecule has 3 aliphatic rings. The first kappa shape index (κ1) is 29.0. The van der Waals surface area contributed by atoms with Crippen LogP contribution in [0.2, 0.25) is 5.02 Å². The lowest BCUT2D eigenvalue weighted by atomic mass is 9.90. The average molecular weight is 635 g/mol. The normalized spacial score (nSPS) is 19.5. The van der Waals surface area contributed by atoms with Crippen molar-refractivity contribution in [2.24, 2.45) is 0 Å². The maximum absolute atomic E-state index is 15.0. The number of anilines is 3. The smallest absolute Gasteiger partial charge is 0.244 e. The van der Waals surface area contributed by atoms with Gasteiger partial charge in [0.15, 0.2) is 0 Å². The van der Waals surface area contributed by atoms with Crippen LogP contribution in [0.3, 0.4) is 0 Å². The van der Waals surface area contributed by atoms with Crippen LogP contribution >= 0.6 is 22.9 Å². The topological polar surface area (TPSA) is 124 Å². The van der Waals surface area contributed by atoms with Crippen molar-refractivity contribution in [3.8, 4) is 17.2 Å². The molecule has 0 aliphatic carbocycles. The third-order valence-corrected chi connectivity index (χ3v) is 10.8. The number of likely N-dealkylation sites (N-methyl/N-ethyl adjacent to an activating group) is 2. The molecule has 0 unspecified atom stereocenters. The predicted octanol–water partition coefficient (Wildman–Crippen LogP) is 4.96. The number of hydrogen-bond acceptors (Lipinski definition) is 10. The van der Waals surface area contributed by atoms with E-state index in [1.54, 1.807) is 11.0 Å². The number of nitrogens with one attached hydrogen (secondary N) is 1. The molecule has 5 heterocycles. The van der Waals surface area contributed by atoms with E-state index < -0.39 is 11.9 Å². The summed E-state index contributed by atoms with van der Waals surface area (Å²) in [5.74, 6) is 0.599. The van der Waals surface area contributed by atoms with Crippen molar-refractivity contribution >= 4 is 66.6 Å². The van der Waals surface area contributed by atoms with E-state index in [9.17, 15) is 14.4 Å². The number of ether oxygens (including phenoxy) is 1. The molecule has 1 amide bonds. The van der Waals surface area contributed by atoms with E-state index in [0.717, 1.165) is 28.9 Å². The molecule has 228 valence electrons. The molecule has 13 heteroatoms. The van der Waals surface area contributed by atoms with Gasteiger partial charge in [-0.3, -0.25) is 4.79 Å². The summed E-state index contributed by atoms with van der Waals surface area (Å²) in [6, 6.07) is 4.74. The van der Waals surface area contributed by atoms with E-state index >= 15 is 0 Å². The van der Waals surface area contributed by atoms with E-state index in [4.69, 9.17) is 32.0 Å². The Morgan fingerprint density at radius 3 is 2.73 bits per heavy atom. The lowest BCUT2D eigenvalue weighted by Gasteiger charge is -2.51. The Kier molecular flexibility index (Phi) is 6.86. The number of nitrogens with two attached hydrogens (primary N) is 1. The highest BCUT2D eigenvalue weighted by atomic mass is 35.5. The van der Waals surface area contributed by atoms with Gasteiger partial charge in [-0.25, -0.2) is 9.37 Å². The number of carbonyl (C=O) groups is 1. The molecule has 0 bridgehead atoms. The maximum Gasteiger partial charge on any atom is 0.244 e. The molecule has 4 aromatic rings. The number of likely N-dealkylation sites (tertiary alicyclic amines) is 1. The summed E-state index contributed by atoms with van der Waals surface area (Å²) in [5, 5.41) is 15.2. The molecule has 7 rings (SSSR count). The number of nitrogens with zero attached hydrogens (tertiary/aromatic N) is 6. The highest BCUT2D eigenvalue weighted by Gasteiger charge is 2.42. The molecule has 1 atom stereocenters. The monoisotopic (exact) mass is 634 g/mol. The number of aromatic nitrogens is 2. The van der Waals surface area contributed by atoms with E-state index in [1.807, 2.05) is 7.05 Å². The molecule has 2 aromatic carbocycles. The maximum atomic E-state index is 15.0. The summed E-state index contributed by atoms with van der Waals surface area (Å²) in [4.78, 5) is 29.2. The van der Waals surface area contributed by atoms with Crippen LogP contribution in [0.15, 0.2) is 12.1 Å². The van der Waals surface area contributed by atoms with E-state index in [1.165, 1.54) is 6.07 Å². The van der Waals surface area contributed by atoms with Crippen LogP contribution in [0.5, 0.6) is 0 Å². The summed E-state index contributed by atoms with van der Waals surface area (Å²) < 4.78 is 21.3. The molecule has 2 saturated heterocycles. The molecule has 2 fully saturated rings. The molecule has 2 aromatic heterocycles. The fraction of sp³-hybridized carbons (Fsp3) is 0.419. The number of nitriles is 1. The number of rotatable bonds is 5. The fourth-order valence-corrected chi connectivity index (χ4v) is 7.89. The number of fused-ring (bicyclic) bond motifs is 4. The minimum atomic E-state index is -0.452. The van der Waals surface area contributed by atoms with Gasteiger partial charge in [0.2, 0.25) is 11.9 Å². The first-order valence-electron chi connectivity index (χ1n) is 14.5. The zero-order valence-electron chi connectivity index (χ0n) is 24.9. The largest absolute Gasteiger partial charge is 0.389 e. The predicted molar refractivity (Wildman–Crippen MR) is 172 cm³/mol. The van der Waals surface area contributed by atoms with Crippen LogP contribution < -0.4 is 16.0 Å². The van der Waals surface area contributed by atoms with Crippen LogP contribution in [0.4, 0.5) is 21.2 Å². The average Bonchev–Trinajstić information content (AvgIpc) is 3.59. The number of carbonyl (C=O) groups excluding carboxylic acids is 1. The van der Waals surface area contributed by atoms with Crippen LogP contribution in [0, 0.1) is 17.1 Å². The fourth-order valence-electron chi connectivity index (χ4n) is 6.59. The molecule has 44 heavy (non-hydrogen) atoms. The van der Waals surface area contributed by atoms with Gasteiger partial charge in [0.05, 0.1) is 44.9 Å². The Bertz CT molecular complexity index is 1920. The van der Waals surface area contributed by atoms with Gasteiger partial charge in [-0.15, -0.1) is 11.3 Å². The van der Waals surface area contributed by atoms with Crippen LogP contribution in [0.1, 0.15) is 36.5 Å². The minimum absolute atomic E-state index is 0.0112. The highest BCUT2D eigenvalue weighted by Crippen LogP contribution is 2.49. The third-order valence-electron chi connectivity index (χ3n) is 9.38. The van der Waals surface area contributed by atoms with E-state index in [2.05, 4.69) is 42.2 Å². The standard InChI is InChI=1S/C31H32ClFN8O2S/c1-31(39(2)3)13-41(14-31)30-37-25-23(28(38-30)36-20-6-5-9-40(4)29(20)42)18-12-43-11-17(18)21(24(25)32)15-7-8-19(33)26-22(15)16(10-34)27(35)44-26/h7-8,20H,5-6,9,11-14,35H2,1-4H3,(H,36,37,38)/t20-/m1/s1. The van der Waals surface area contributed by atoms with E-state index in [0.29, 0.717) is 75.0 Å². The lowest BCUT2D eigenvalue weighted by Crippen LogP contribution is -2.67. The summed E-state index contributed by atoms with van der Waals surface area (Å²) in [5.41, 5.74) is 9.77. The number of thiophene rings is 1. The second kappa shape index (κ2) is 10.4. The van der Waals surface area contributed by atoms with Crippen molar-refractivity contribution in [3.63, 3.8) is 0 Å². The Balaban J connectivity index is 1.48. The van der Waals surface area contributed by atoms with Gasteiger partial charge in [0.1, 0.15) is 28.7 Å². The first-order valence-corrected chi connectivity index (χ1v) is 15.7. The number of halogens is 2. The highest BCUT2D eigenvalue weighted by molar-refractivity contribution is 7.23. The second-order valence-corrected chi connectivity index (χ2v) is 13.8. The second-order valence-electron chi connectivity index (χ2n) is 12.3. The lowest BCUT2D eigenvalue weighted by molar-refractivity contribution is -0.132. The number of nitrogen functional groups attached to an aromatic ring is 1. The Morgan fingerprint density at radius 2 is 2.00 bits per heavy atom. The molecule has 10 nitrogen and oxygen atoms in total. The number of piperidine rings is 1. The van der Waals surface area contributed by atoms with Crippen molar-refractivity contribution in [2.75, 3.05) is 56.7 Å². The molecule has 0 radical (unpaired) electrons. The molecule has 0 saturated carbocycles. The van der Waals surface area contributed by atoms with Gasteiger partial charge in [-0.2, -0.15) is 10.2 Å². The molecule has 0 spiro atoms.